The van der Waals surface area contributed by atoms with E-state index >= 15 is 0 Å². The molecule has 0 fully saturated rings. The van der Waals surface area contributed by atoms with E-state index < -0.39 is 0 Å². The molecule has 0 unspecified atom stereocenters. The average Bonchev–Trinajstić information content (AvgIpc) is 0.811. The monoisotopic (exact) mass is 138 g/mol. The van der Waals surface area contributed by atoms with E-state index in [1.807, 2.05) is 0 Å². The molecule has 0 aromatic heterocycles. The quantitative estimate of drug-likeness (QED) is 0.450. The molecule has 0 saturated heterocycles. The standard InChI is InChI=1S/C3H6O.O.Zn/c1-3(2)4;;/h1-2H3;;/q;-2;+2. The summed E-state index contributed by atoms with van der Waals surface area (Å²) in [6, 6.07) is 0. The molecule has 32 valence electrons. The van der Waals surface area contributed by atoms with Gasteiger partial charge in [0.25, 0.3) is 0 Å². The SMILES string of the molecule is CC(C)=O.[O-2].[Zn+2]. The van der Waals surface area contributed by atoms with Crippen LogP contribution in [0.25, 0.3) is 0 Å². The van der Waals surface area contributed by atoms with Gasteiger partial charge in [0.1, 0.15) is 5.78 Å². The first-order chi connectivity index (χ1) is 1.73. The maximum atomic E-state index is 9.44. The van der Waals surface area contributed by atoms with Crippen LogP contribution in [0.4, 0.5) is 0 Å². The molecular weight excluding hydrogens is 133 g/mol. The van der Waals surface area contributed by atoms with Crippen LogP contribution in [0, 0.1) is 0 Å². The third kappa shape index (κ3) is 701. The van der Waals surface area contributed by atoms with Crippen molar-refractivity contribution in [2.24, 2.45) is 0 Å². The van der Waals surface area contributed by atoms with Crippen molar-refractivity contribution in [1.82, 2.24) is 0 Å². The number of hydrogen-bond acceptors (Lipinski definition) is 1. The molecule has 0 amide bonds. The Kier molecular flexibility index (Phi) is 24.4. The zero-order valence-electron chi connectivity index (χ0n) is 4.02. The Hall–Kier alpha value is 0.253. The van der Waals surface area contributed by atoms with E-state index in [0.29, 0.717) is 0 Å². The van der Waals surface area contributed by atoms with Gasteiger partial charge in [0.15, 0.2) is 0 Å². The van der Waals surface area contributed by atoms with E-state index in [2.05, 4.69) is 0 Å². The summed E-state index contributed by atoms with van der Waals surface area (Å²) in [4.78, 5) is 9.44. The predicted octanol–water partition coefficient (Wildman–Crippen LogP) is 0.474. The molecule has 3 heteroatoms. The molecule has 0 aromatic carbocycles. The predicted molar refractivity (Wildman–Crippen MR) is 17.0 cm³/mol. The third-order valence-corrected chi connectivity index (χ3v) is 0. The van der Waals surface area contributed by atoms with Crippen LogP contribution in [0.3, 0.4) is 0 Å². The molecule has 0 heterocycles. The van der Waals surface area contributed by atoms with Gasteiger partial charge in [0, 0.05) is 0 Å². The summed E-state index contributed by atoms with van der Waals surface area (Å²) in [5.74, 6) is 0.167. The molecule has 0 atom stereocenters. The fourth-order valence-corrected chi connectivity index (χ4v) is 0. The molecule has 0 radical (unpaired) electrons. The Bertz CT molecular complexity index is 31.8. The number of Topliss-reactive ketones (excluding diaryl/α,β-unsaturated/α-hetero) is 1. The second-order valence-electron chi connectivity index (χ2n) is 0.908. The number of carbonyl (C=O) groups is 1. The van der Waals surface area contributed by atoms with Crippen molar-refractivity contribution in [3.8, 4) is 0 Å². The summed E-state index contributed by atoms with van der Waals surface area (Å²) in [5, 5.41) is 0. The first-order valence-corrected chi connectivity index (χ1v) is 1.20. The van der Waals surface area contributed by atoms with Gasteiger partial charge in [0.2, 0.25) is 0 Å². The van der Waals surface area contributed by atoms with Crippen LogP contribution in [0.1, 0.15) is 13.8 Å². The Morgan fingerprint density at radius 2 is 1.33 bits per heavy atom. The van der Waals surface area contributed by atoms with E-state index in [0.717, 1.165) is 0 Å². The minimum Gasteiger partial charge on any atom is -2.00 e. The van der Waals surface area contributed by atoms with Crippen LogP contribution in [-0.4, -0.2) is 5.78 Å². The van der Waals surface area contributed by atoms with Crippen LogP contribution < -0.4 is 0 Å². The van der Waals surface area contributed by atoms with Gasteiger partial charge in [0.05, 0.1) is 0 Å². The van der Waals surface area contributed by atoms with Crippen molar-refractivity contribution in [3.05, 3.63) is 0 Å². The van der Waals surface area contributed by atoms with Crippen molar-refractivity contribution in [1.29, 1.82) is 0 Å². The summed E-state index contributed by atoms with van der Waals surface area (Å²) < 4.78 is 0. The Balaban J connectivity index is -0.0000000450. The second kappa shape index (κ2) is 8.98. The molecule has 0 bridgehead atoms. The van der Waals surface area contributed by atoms with Crippen LogP contribution in [0.5, 0.6) is 0 Å². The summed E-state index contributed by atoms with van der Waals surface area (Å²) in [5.41, 5.74) is 0. The van der Waals surface area contributed by atoms with Crippen molar-refractivity contribution < 1.29 is 29.7 Å². The van der Waals surface area contributed by atoms with Crippen molar-refractivity contribution >= 4 is 5.78 Å². The second-order valence-corrected chi connectivity index (χ2v) is 0.908. The topological polar surface area (TPSA) is 45.6 Å². The summed E-state index contributed by atoms with van der Waals surface area (Å²) in [6.07, 6.45) is 0. The van der Waals surface area contributed by atoms with E-state index in [1.54, 1.807) is 0 Å². The zero-order chi connectivity index (χ0) is 3.58. The number of ketones is 1. The smallest absolute Gasteiger partial charge is 2.00 e. The van der Waals surface area contributed by atoms with E-state index in [1.165, 1.54) is 13.8 Å². The van der Waals surface area contributed by atoms with Gasteiger partial charge in [-0.15, -0.1) is 0 Å². The van der Waals surface area contributed by atoms with Crippen LogP contribution in [0.2, 0.25) is 0 Å². The van der Waals surface area contributed by atoms with Gasteiger partial charge in [-0.1, -0.05) is 0 Å². The van der Waals surface area contributed by atoms with Crippen molar-refractivity contribution in [3.63, 3.8) is 0 Å². The fraction of sp³-hybridized carbons (Fsp3) is 0.667. The van der Waals surface area contributed by atoms with Gasteiger partial charge in [-0.05, 0) is 13.8 Å². The first-order valence-electron chi connectivity index (χ1n) is 1.20. The molecule has 0 saturated carbocycles. The van der Waals surface area contributed by atoms with E-state index in [4.69, 9.17) is 0 Å². The average molecular weight is 139 g/mol. The molecule has 2 nitrogen and oxygen atoms in total. The van der Waals surface area contributed by atoms with Crippen LogP contribution >= 0.6 is 0 Å². The number of hydrogen-bond donors (Lipinski definition) is 0. The van der Waals surface area contributed by atoms with E-state index in [-0.39, 0.29) is 30.7 Å². The first kappa shape index (κ1) is 16.3. The van der Waals surface area contributed by atoms with Gasteiger partial charge < -0.3 is 10.3 Å². The minimum atomic E-state index is 0. The molecule has 0 aliphatic heterocycles. The van der Waals surface area contributed by atoms with E-state index in [9.17, 15) is 4.79 Å². The molecule has 6 heavy (non-hydrogen) atoms. The van der Waals surface area contributed by atoms with Crippen LogP contribution in [-0.2, 0) is 29.7 Å². The molecule has 0 N–H and O–H groups in total. The Labute approximate surface area is 50.0 Å². The number of carbonyl (C=O) groups excluding carboxylic acids is 1. The van der Waals surface area contributed by atoms with Gasteiger partial charge in [-0.3, -0.25) is 0 Å². The summed E-state index contributed by atoms with van der Waals surface area (Å²) in [6.45, 7) is 3.06. The molecule has 0 rings (SSSR count). The van der Waals surface area contributed by atoms with Gasteiger partial charge in [-0.25, -0.2) is 0 Å². The molecule has 0 aliphatic carbocycles. The molecule has 0 aliphatic rings. The van der Waals surface area contributed by atoms with Gasteiger partial charge in [-0.2, -0.15) is 0 Å². The summed E-state index contributed by atoms with van der Waals surface area (Å²) >= 11 is 0. The molecule has 0 spiro atoms. The van der Waals surface area contributed by atoms with Crippen molar-refractivity contribution in [2.45, 2.75) is 13.8 Å². The maximum absolute atomic E-state index is 9.44. The normalized spacial score (nSPS) is 4.33. The fourth-order valence-electron chi connectivity index (χ4n) is 0. The summed E-state index contributed by atoms with van der Waals surface area (Å²) in [7, 11) is 0. The molecular formula is C3H6O2Zn. The van der Waals surface area contributed by atoms with Gasteiger partial charge >= 0.3 is 19.5 Å². The Morgan fingerprint density at radius 3 is 1.33 bits per heavy atom. The maximum Gasteiger partial charge on any atom is 2.00 e. The zero-order valence-corrected chi connectivity index (χ0v) is 6.99. The number of rotatable bonds is 0. The minimum absolute atomic E-state index is 0. The van der Waals surface area contributed by atoms with Crippen LogP contribution in [0.15, 0.2) is 0 Å². The van der Waals surface area contributed by atoms with Crippen molar-refractivity contribution in [2.75, 3.05) is 0 Å². The molecule has 0 aromatic rings. The largest absolute Gasteiger partial charge is 2.00 e. The Morgan fingerprint density at radius 1 is 1.33 bits per heavy atom. The third-order valence-electron chi connectivity index (χ3n) is 0.